The molecule has 8 nitrogen and oxygen atoms in total. The summed E-state index contributed by atoms with van der Waals surface area (Å²) in [6, 6.07) is 0. The highest BCUT2D eigenvalue weighted by Gasteiger charge is 2.32. The largest absolute Gasteiger partial charge is 0.375 e. The molecule has 1 aliphatic rings. The minimum absolute atomic E-state index is 0.206. The number of sulfonamides is 1. The van der Waals surface area contributed by atoms with Gasteiger partial charge in [0.2, 0.25) is 0 Å². The van der Waals surface area contributed by atoms with Crippen LogP contribution in [0.5, 0.6) is 0 Å². The van der Waals surface area contributed by atoms with E-state index >= 15 is 0 Å². The highest BCUT2D eigenvalue weighted by molar-refractivity contribution is 7.91. The maximum atomic E-state index is 12.5. The molecule has 0 atom stereocenters. The van der Waals surface area contributed by atoms with Crippen molar-refractivity contribution >= 4 is 26.5 Å². The van der Waals surface area contributed by atoms with Gasteiger partial charge in [-0.25, -0.2) is 13.4 Å². The summed E-state index contributed by atoms with van der Waals surface area (Å²) in [6.45, 7) is 2.81. The maximum absolute atomic E-state index is 12.5. The molecule has 0 unspecified atom stereocenters. The topological polar surface area (TPSA) is 107 Å². The zero-order chi connectivity index (χ0) is 13.6. The number of anilines is 1. The number of aryl methyl sites for hydroxylation is 1. The lowest BCUT2D eigenvalue weighted by Crippen LogP contribution is -2.38. The summed E-state index contributed by atoms with van der Waals surface area (Å²) < 4.78 is 28.5. The Labute approximate surface area is 113 Å². The Balaban J connectivity index is 1.96. The SMILES string of the molecule is Cc1nc(N)sc1S(=O)(=O)N1CCn2cnnc2C1. The maximum Gasteiger partial charge on any atom is 0.254 e. The summed E-state index contributed by atoms with van der Waals surface area (Å²) in [5, 5.41) is 7.95. The molecular formula is C9H12N6O2S2. The first-order valence-corrected chi connectivity index (χ1v) is 7.84. The van der Waals surface area contributed by atoms with E-state index in [2.05, 4.69) is 15.2 Å². The third-order valence-electron chi connectivity index (χ3n) is 2.95. The van der Waals surface area contributed by atoms with Crippen molar-refractivity contribution in [1.82, 2.24) is 24.1 Å². The van der Waals surface area contributed by atoms with Gasteiger partial charge in [0.05, 0.1) is 12.2 Å². The Kier molecular flexibility index (Phi) is 2.80. The van der Waals surface area contributed by atoms with Crippen LogP contribution in [0.15, 0.2) is 10.5 Å². The van der Waals surface area contributed by atoms with E-state index in [0.29, 0.717) is 24.6 Å². The van der Waals surface area contributed by atoms with E-state index < -0.39 is 10.0 Å². The minimum atomic E-state index is -3.56. The van der Waals surface area contributed by atoms with E-state index in [1.54, 1.807) is 13.3 Å². The third-order valence-corrected chi connectivity index (χ3v) is 6.37. The quantitative estimate of drug-likeness (QED) is 0.825. The number of aromatic nitrogens is 4. The number of nitrogen functional groups attached to an aromatic ring is 1. The molecule has 0 aromatic carbocycles. The van der Waals surface area contributed by atoms with Crippen molar-refractivity contribution in [2.45, 2.75) is 24.2 Å². The van der Waals surface area contributed by atoms with Crippen molar-refractivity contribution in [3.8, 4) is 0 Å². The Hall–Kier alpha value is -1.52. The molecule has 1 aliphatic heterocycles. The smallest absolute Gasteiger partial charge is 0.254 e. The van der Waals surface area contributed by atoms with Gasteiger partial charge in [-0.3, -0.25) is 0 Å². The predicted octanol–water partition coefficient (Wildman–Crippen LogP) is -0.170. The van der Waals surface area contributed by atoms with Gasteiger partial charge in [0, 0.05) is 13.1 Å². The second-order valence-corrected chi connectivity index (χ2v) is 7.37. The summed E-state index contributed by atoms with van der Waals surface area (Å²) in [6.07, 6.45) is 1.61. The first-order valence-electron chi connectivity index (χ1n) is 5.58. The normalized spacial score (nSPS) is 16.5. The summed E-state index contributed by atoms with van der Waals surface area (Å²) in [5.74, 6) is 0.643. The molecular weight excluding hydrogens is 288 g/mol. The molecule has 2 aromatic rings. The fraction of sp³-hybridized carbons (Fsp3) is 0.444. The second kappa shape index (κ2) is 4.25. The molecule has 0 bridgehead atoms. The number of hydrogen-bond acceptors (Lipinski definition) is 7. The van der Waals surface area contributed by atoms with Crippen molar-refractivity contribution < 1.29 is 8.42 Å². The Morgan fingerprint density at radius 2 is 2.21 bits per heavy atom. The molecule has 0 saturated carbocycles. The fourth-order valence-electron chi connectivity index (χ4n) is 2.01. The molecule has 3 rings (SSSR count). The van der Waals surface area contributed by atoms with Gasteiger partial charge in [0.1, 0.15) is 12.2 Å². The number of thiazole rings is 1. The van der Waals surface area contributed by atoms with Gasteiger partial charge in [-0.15, -0.1) is 10.2 Å². The standard InChI is InChI=1S/C9H12N6O2S2/c1-6-8(18-9(10)12-6)19(16,17)15-3-2-14-5-11-13-7(14)4-15/h5H,2-4H2,1H3,(H2,10,12). The molecule has 19 heavy (non-hydrogen) atoms. The Bertz CT molecular complexity index is 719. The van der Waals surface area contributed by atoms with E-state index in [1.165, 1.54) is 4.31 Å². The van der Waals surface area contributed by atoms with Gasteiger partial charge in [-0.2, -0.15) is 4.31 Å². The van der Waals surface area contributed by atoms with Crippen LogP contribution in [0, 0.1) is 6.92 Å². The lowest BCUT2D eigenvalue weighted by molar-refractivity contribution is 0.336. The third kappa shape index (κ3) is 2.01. The van der Waals surface area contributed by atoms with Crippen LogP contribution in [0.2, 0.25) is 0 Å². The number of fused-ring (bicyclic) bond motifs is 1. The molecule has 0 amide bonds. The van der Waals surface area contributed by atoms with Gasteiger partial charge in [-0.05, 0) is 6.92 Å². The van der Waals surface area contributed by atoms with Crippen molar-refractivity contribution in [2.24, 2.45) is 0 Å². The number of rotatable bonds is 2. The van der Waals surface area contributed by atoms with Crippen LogP contribution >= 0.6 is 11.3 Å². The number of hydrogen-bond donors (Lipinski definition) is 1. The summed E-state index contributed by atoms with van der Waals surface area (Å²) in [7, 11) is -3.56. The molecule has 0 fully saturated rings. The van der Waals surface area contributed by atoms with Crippen LogP contribution in [-0.4, -0.2) is 39.0 Å². The lowest BCUT2D eigenvalue weighted by atomic mass is 10.4. The summed E-state index contributed by atoms with van der Waals surface area (Å²) in [4.78, 5) is 3.96. The van der Waals surface area contributed by atoms with Crippen LogP contribution < -0.4 is 5.73 Å². The van der Waals surface area contributed by atoms with Gasteiger partial charge < -0.3 is 10.3 Å². The lowest BCUT2D eigenvalue weighted by Gasteiger charge is -2.25. The fourth-order valence-corrected chi connectivity index (χ4v) is 4.83. The first kappa shape index (κ1) is 12.5. The van der Waals surface area contributed by atoms with E-state index in [0.717, 1.165) is 11.3 Å². The van der Waals surface area contributed by atoms with Gasteiger partial charge in [0.25, 0.3) is 10.0 Å². The second-order valence-electron chi connectivity index (χ2n) is 4.20. The van der Waals surface area contributed by atoms with Crippen LogP contribution in [-0.2, 0) is 23.1 Å². The van der Waals surface area contributed by atoms with E-state index in [1.807, 2.05) is 4.57 Å². The van der Waals surface area contributed by atoms with Crippen LogP contribution in [0.1, 0.15) is 11.5 Å². The molecule has 2 aromatic heterocycles. The molecule has 2 N–H and O–H groups in total. The molecule has 0 spiro atoms. The van der Waals surface area contributed by atoms with Gasteiger partial charge in [0.15, 0.2) is 9.34 Å². The van der Waals surface area contributed by atoms with E-state index in [-0.39, 0.29) is 15.9 Å². The van der Waals surface area contributed by atoms with E-state index in [9.17, 15) is 8.42 Å². The Morgan fingerprint density at radius 1 is 1.42 bits per heavy atom. The zero-order valence-electron chi connectivity index (χ0n) is 10.1. The highest BCUT2D eigenvalue weighted by Crippen LogP contribution is 2.29. The number of nitrogens with two attached hydrogens (primary N) is 1. The van der Waals surface area contributed by atoms with Crippen molar-refractivity contribution in [3.63, 3.8) is 0 Å². The summed E-state index contributed by atoms with van der Waals surface area (Å²) in [5.41, 5.74) is 6.00. The molecule has 10 heteroatoms. The van der Waals surface area contributed by atoms with Gasteiger partial charge in [-0.1, -0.05) is 11.3 Å². The van der Waals surface area contributed by atoms with E-state index in [4.69, 9.17) is 5.73 Å². The Morgan fingerprint density at radius 3 is 2.89 bits per heavy atom. The molecule has 0 saturated heterocycles. The average Bonchev–Trinajstić information content (AvgIpc) is 2.94. The summed E-state index contributed by atoms with van der Waals surface area (Å²) >= 11 is 0.993. The van der Waals surface area contributed by atoms with Crippen LogP contribution in [0.4, 0.5) is 5.13 Å². The van der Waals surface area contributed by atoms with Crippen molar-refractivity contribution in [2.75, 3.05) is 12.3 Å². The predicted molar refractivity (Wildman–Crippen MR) is 68.9 cm³/mol. The van der Waals surface area contributed by atoms with Crippen LogP contribution in [0.3, 0.4) is 0 Å². The molecule has 0 aliphatic carbocycles. The minimum Gasteiger partial charge on any atom is -0.375 e. The molecule has 3 heterocycles. The zero-order valence-corrected chi connectivity index (χ0v) is 11.8. The number of nitrogens with zero attached hydrogens (tertiary/aromatic N) is 5. The van der Waals surface area contributed by atoms with Gasteiger partial charge >= 0.3 is 0 Å². The average molecular weight is 300 g/mol. The highest BCUT2D eigenvalue weighted by atomic mass is 32.2. The molecule has 0 radical (unpaired) electrons. The van der Waals surface area contributed by atoms with Crippen molar-refractivity contribution in [3.05, 3.63) is 17.8 Å². The first-order chi connectivity index (χ1) is 8.98. The van der Waals surface area contributed by atoms with Crippen molar-refractivity contribution in [1.29, 1.82) is 0 Å². The monoisotopic (exact) mass is 300 g/mol. The van der Waals surface area contributed by atoms with Crippen LogP contribution in [0.25, 0.3) is 0 Å². The molecule has 102 valence electrons.